The second-order valence-corrected chi connectivity index (χ2v) is 5.74. The SMILES string of the molecule is Cc1ccc(F)cc1Cn1cc2c(c1)C(O)CCCC2. The van der Waals surface area contributed by atoms with Crippen molar-refractivity contribution in [1.82, 2.24) is 4.57 Å². The van der Waals surface area contributed by atoms with Crippen LogP contribution < -0.4 is 0 Å². The lowest BCUT2D eigenvalue weighted by molar-refractivity contribution is 0.166. The number of benzene rings is 1. The zero-order valence-electron chi connectivity index (χ0n) is 11.8. The van der Waals surface area contributed by atoms with Crippen molar-refractivity contribution in [1.29, 1.82) is 0 Å². The van der Waals surface area contributed by atoms with Gasteiger partial charge in [-0.1, -0.05) is 12.5 Å². The van der Waals surface area contributed by atoms with Gasteiger partial charge in [-0.05, 0) is 55.0 Å². The Bertz CT molecular complexity index is 617. The average Bonchev–Trinajstić information content (AvgIpc) is 2.74. The van der Waals surface area contributed by atoms with E-state index in [1.54, 1.807) is 6.07 Å². The molecule has 1 aliphatic carbocycles. The first kappa shape index (κ1) is 13.4. The molecule has 106 valence electrons. The van der Waals surface area contributed by atoms with Crippen LogP contribution in [0.5, 0.6) is 0 Å². The number of aliphatic hydroxyl groups excluding tert-OH is 1. The maximum absolute atomic E-state index is 13.3. The summed E-state index contributed by atoms with van der Waals surface area (Å²) in [6, 6.07) is 4.90. The van der Waals surface area contributed by atoms with E-state index in [0.29, 0.717) is 6.54 Å². The molecule has 1 unspecified atom stereocenters. The van der Waals surface area contributed by atoms with Crippen molar-refractivity contribution < 1.29 is 9.50 Å². The zero-order chi connectivity index (χ0) is 14.1. The van der Waals surface area contributed by atoms with Crippen LogP contribution in [0.2, 0.25) is 0 Å². The number of nitrogens with zero attached hydrogens (tertiary/aromatic N) is 1. The van der Waals surface area contributed by atoms with Gasteiger partial charge in [-0.15, -0.1) is 0 Å². The molecule has 1 aliphatic rings. The minimum absolute atomic E-state index is 0.195. The smallest absolute Gasteiger partial charge is 0.123 e. The quantitative estimate of drug-likeness (QED) is 0.828. The Balaban J connectivity index is 1.88. The molecule has 0 saturated heterocycles. The molecule has 0 amide bonds. The fourth-order valence-electron chi connectivity index (χ4n) is 2.99. The largest absolute Gasteiger partial charge is 0.388 e. The van der Waals surface area contributed by atoms with Crippen molar-refractivity contribution in [3.8, 4) is 0 Å². The lowest BCUT2D eigenvalue weighted by Crippen LogP contribution is -2.00. The van der Waals surface area contributed by atoms with E-state index in [-0.39, 0.29) is 11.9 Å². The molecule has 0 fully saturated rings. The Morgan fingerprint density at radius 1 is 1.30 bits per heavy atom. The molecule has 3 heteroatoms. The van der Waals surface area contributed by atoms with Crippen molar-refractivity contribution >= 4 is 0 Å². The van der Waals surface area contributed by atoms with Gasteiger partial charge in [-0.25, -0.2) is 4.39 Å². The summed E-state index contributed by atoms with van der Waals surface area (Å²) >= 11 is 0. The highest BCUT2D eigenvalue weighted by atomic mass is 19.1. The summed E-state index contributed by atoms with van der Waals surface area (Å²) in [7, 11) is 0. The molecule has 0 bridgehead atoms. The van der Waals surface area contributed by atoms with Gasteiger partial charge in [-0.3, -0.25) is 0 Å². The van der Waals surface area contributed by atoms with Crippen molar-refractivity contribution in [2.75, 3.05) is 0 Å². The van der Waals surface area contributed by atoms with Crippen molar-refractivity contribution in [2.45, 2.75) is 45.3 Å². The topological polar surface area (TPSA) is 25.2 Å². The highest BCUT2D eigenvalue weighted by Crippen LogP contribution is 2.29. The number of fused-ring (bicyclic) bond motifs is 1. The molecular formula is C17H20FNO. The number of halogens is 1. The first-order chi connectivity index (χ1) is 9.63. The molecule has 0 aliphatic heterocycles. The Kier molecular flexibility index (Phi) is 3.62. The monoisotopic (exact) mass is 273 g/mol. The standard InChI is InChI=1S/C17H20FNO/c1-12-6-7-15(18)8-14(12)10-19-9-13-4-2-3-5-17(20)16(13)11-19/h6-9,11,17,20H,2-5,10H2,1H3. The zero-order valence-corrected chi connectivity index (χ0v) is 11.8. The van der Waals surface area contributed by atoms with Crippen LogP contribution in [0, 0.1) is 12.7 Å². The maximum Gasteiger partial charge on any atom is 0.123 e. The van der Waals surface area contributed by atoms with Gasteiger partial charge in [-0.2, -0.15) is 0 Å². The predicted octanol–water partition coefficient (Wildman–Crippen LogP) is 3.74. The van der Waals surface area contributed by atoms with Crippen molar-refractivity contribution in [3.63, 3.8) is 0 Å². The van der Waals surface area contributed by atoms with Gasteiger partial charge in [0.25, 0.3) is 0 Å². The van der Waals surface area contributed by atoms with Crippen LogP contribution in [-0.4, -0.2) is 9.67 Å². The predicted molar refractivity (Wildman–Crippen MR) is 77.2 cm³/mol. The van der Waals surface area contributed by atoms with E-state index in [4.69, 9.17) is 0 Å². The molecule has 1 atom stereocenters. The number of hydrogen-bond acceptors (Lipinski definition) is 1. The normalized spacial score (nSPS) is 18.6. The first-order valence-electron chi connectivity index (χ1n) is 7.25. The molecule has 20 heavy (non-hydrogen) atoms. The molecule has 0 radical (unpaired) electrons. The molecular weight excluding hydrogens is 253 g/mol. The van der Waals surface area contributed by atoms with Gasteiger partial charge < -0.3 is 9.67 Å². The first-order valence-corrected chi connectivity index (χ1v) is 7.25. The molecule has 0 spiro atoms. The summed E-state index contributed by atoms with van der Waals surface area (Å²) in [6.45, 7) is 2.65. The molecule has 1 aromatic carbocycles. The van der Waals surface area contributed by atoms with Crippen LogP contribution in [0.1, 0.15) is 47.6 Å². The lowest BCUT2D eigenvalue weighted by atomic mass is 10.1. The average molecular weight is 273 g/mol. The summed E-state index contributed by atoms with van der Waals surface area (Å²) in [4.78, 5) is 0. The summed E-state index contributed by atoms with van der Waals surface area (Å²) in [5, 5.41) is 10.1. The molecule has 1 N–H and O–H groups in total. The fraction of sp³-hybridized carbons (Fsp3) is 0.412. The summed E-state index contributed by atoms with van der Waals surface area (Å²) in [5.74, 6) is -0.195. The third kappa shape index (κ3) is 2.63. The second-order valence-electron chi connectivity index (χ2n) is 5.74. The molecule has 1 aromatic heterocycles. The molecule has 2 aromatic rings. The third-order valence-electron chi connectivity index (χ3n) is 4.19. The minimum atomic E-state index is -0.345. The van der Waals surface area contributed by atoms with Gasteiger partial charge in [0.15, 0.2) is 0 Å². The molecule has 3 rings (SSSR count). The van der Waals surface area contributed by atoms with E-state index in [9.17, 15) is 9.50 Å². The van der Waals surface area contributed by atoms with Crippen LogP contribution in [0.25, 0.3) is 0 Å². The Labute approximate surface area is 118 Å². The van der Waals surface area contributed by atoms with Gasteiger partial charge in [0.1, 0.15) is 5.82 Å². The van der Waals surface area contributed by atoms with Crippen LogP contribution in [-0.2, 0) is 13.0 Å². The van der Waals surface area contributed by atoms with Gasteiger partial charge in [0, 0.05) is 24.5 Å². The molecule has 2 nitrogen and oxygen atoms in total. The number of hydrogen-bond donors (Lipinski definition) is 1. The van der Waals surface area contributed by atoms with Crippen molar-refractivity contribution in [3.05, 3.63) is 58.7 Å². The summed E-state index contributed by atoms with van der Waals surface area (Å²) in [6.07, 6.45) is 7.87. The van der Waals surface area contributed by atoms with E-state index in [1.807, 2.05) is 19.2 Å². The molecule has 1 heterocycles. The number of aryl methyl sites for hydroxylation is 2. The van der Waals surface area contributed by atoms with Crippen LogP contribution in [0.4, 0.5) is 4.39 Å². The number of aromatic nitrogens is 1. The van der Waals surface area contributed by atoms with Crippen LogP contribution in [0.3, 0.4) is 0 Å². The number of aliphatic hydroxyl groups is 1. The minimum Gasteiger partial charge on any atom is -0.388 e. The maximum atomic E-state index is 13.3. The summed E-state index contributed by atoms with van der Waals surface area (Å²) < 4.78 is 15.4. The van der Waals surface area contributed by atoms with E-state index in [2.05, 4.69) is 10.8 Å². The molecule has 0 saturated carbocycles. The Hall–Kier alpha value is -1.61. The fourth-order valence-corrected chi connectivity index (χ4v) is 2.99. The van der Waals surface area contributed by atoms with Crippen LogP contribution in [0.15, 0.2) is 30.6 Å². The third-order valence-corrected chi connectivity index (χ3v) is 4.19. The Morgan fingerprint density at radius 2 is 2.15 bits per heavy atom. The second kappa shape index (κ2) is 5.41. The Morgan fingerprint density at radius 3 is 3.00 bits per heavy atom. The lowest BCUT2D eigenvalue weighted by Gasteiger charge is -2.08. The van der Waals surface area contributed by atoms with E-state index >= 15 is 0 Å². The van der Waals surface area contributed by atoms with E-state index < -0.39 is 0 Å². The number of rotatable bonds is 2. The highest BCUT2D eigenvalue weighted by molar-refractivity contribution is 5.31. The highest BCUT2D eigenvalue weighted by Gasteiger charge is 2.18. The van der Waals surface area contributed by atoms with Gasteiger partial charge in [0.05, 0.1) is 6.10 Å². The van der Waals surface area contributed by atoms with E-state index in [1.165, 1.54) is 11.6 Å². The van der Waals surface area contributed by atoms with Gasteiger partial charge in [0.2, 0.25) is 0 Å². The van der Waals surface area contributed by atoms with Crippen molar-refractivity contribution in [2.24, 2.45) is 0 Å². The summed E-state index contributed by atoms with van der Waals surface area (Å²) in [5.41, 5.74) is 4.38. The van der Waals surface area contributed by atoms with Gasteiger partial charge >= 0.3 is 0 Å². The van der Waals surface area contributed by atoms with E-state index in [0.717, 1.165) is 42.4 Å². The van der Waals surface area contributed by atoms with Crippen LogP contribution >= 0.6 is 0 Å².